The minimum atomic E-state index is -1.18. The number of amides is 6. The van der Waals surface area contributed by atoms with Crippen molar-refractivity contribution in [2.75, 3.05) is 35.4 Å². The molecule has 0 aliphatic carbocycles. The van der Waals surface area contributed by atoms with E-state index in [9.17, 15) is 33.9 Å². The summed E-state index contributed by atoms with van der Waals surface area (Å²) in [7, 11) is 7.38. The molecule has 6 bridgehead atoms. The highest BCUT2D eigenvalue weighted by Crippen LogP contribution is 2.38. The lowest BCUT2D eigenvalue weighted by atomic mass is 9.92. The molecule has 2 heterocycles. The van der Waals surface area contributed by atoms with Crippen LogP contribution in [-0.2, 0) is 48.0 Å². The van der Waals surface area contributed by atoms with Crippen LogP contribution in [0.4, 0.5) is 0 Å². The number of aromatic hydroxyl groups is 1. The number of carbonyl (C=O) groups is 6. The fourth-order valence-electron chi connectivity index (χ4n) is 7.10. The summed E-state index contributed by atoms with van der Waals surface area (Å²) in [5, 5.41) is 19.1. The lowest BCUT2D eigenvalue weighted by Crippen LogP contribution is -2.61. The maximum absolute atomic E-state index is 14.6. The van der Waals surface area contributed by atoms with Crippen LogP contribution in [0.15, 0.2) is 60.7 Å². The van der Waals surface area contributed by atoms with Gasteiger partial charge in [-0.25, -0.2) is 0 Å². The Morgan fingerprint density at radius 2 is 1.14 bits per heavy atom. The van der Waals surface area contributed by atoms with Crippen LogP contribution in [0, 0.1) is 0 Å². The predicted molar refractivity (Wildman–Crippen MR) is 207 cm³/mol. The van der Waals surface area contributed by atoms with Crippen molar-refractivity contribution in [3.05, 3.63) is 77.4 Å². The van der Waals surface area contributed by atoms with Gasteiger partial charge in [0.05, 0.1) is 14.2 Å². The zero-order valence-corrected chi connectivity index (χ0v) is 32.9. The average molecular weight is 771 g/mol. The molecule has 0 saturated carbocycles. The van der Waals surface area contributed by atoms with Crippen molar-refractivity contribution in [3.63, 3.8) is 0 Å². The zero-order chi connectivity index (χ0) is 41.0. The van der Waals surface area contributed by atoms with Crippen LogP contribution in [0.1, 0.15) is 37.5 Å². The Bertz CT molecular complexity index is 2000. The number of fused-ring (bicyclic) bond motifs is 8. The molecule has 15 heteroatoms. The van der Waals surface area contributed by atoms with Crippen molar-refractivity contribution in [2.45, 2.75) is 76.3 Å². The zero-order valence-electron chi connectivity index (χ0n) is 32.9. The summed E-state index contributed by atoms with van der Waals surface area (Å²) in [5.74, 6) is -2.68. The number of likely N-dealkylation sites (N-methyl/N-ethyl adjacent to an activating group) is 3. The third kappa shape index (κ3) is 8.72. The highest BCUT2D eigenvalue weighted by Gasteiger charge is 2.39. The Morgan fingerprint density at radius 3 is 1.77 bits per heavy atom. The van der Waals surface area contributed by atoms with Gasteiger partial charge < -0.3 is 45.2 Å². The molecule has 4 N–H and O–H groups in total. The Labute approximate surface area is 326 Å². The second kappa shape index (κ2) is 17.1. The molecular weight excluding hydrogens is 720 g/mol. The van der Waals surface area contributed by atoms with Gasteiger partial charge in [0.2, 0.25) is 35.4 Å². The van der Waals surface area contributed by atoms with E-state index in [1.54, 1.807) is 54.6 Å². The Hall–Kier alpha value is -6.12. The van der Waals surface area contributed by atoms with Crippen molar-refractivity contribution in [1.82, 2.24) is 30.7 Å². The first kappa shape index (κ1) is 41.1. The lowest BCUT2D eigenvalue weighted by molar-refractivity contribution is -0.149. The van der Waals surface area contributed by atoms with Crippen molar-refractivity contribution in [2.24, 2.45) is 0 Å². The van der Waals surface area contributed by atoms with E-state index in [2.05, 4.69) is 16.0 Å². The molecule has 6 atom stereocenters. The second-order valence-electron chi connectivity index (χ2n) is 14.4. The summed E-state index contributed by atoms with van der Waals surface area (Å²) in [6.07, 6.45) is 0.0287. The normalized spacial score (nSPS) is 24.2. The number of nitrogens with zero attached hydrogens (tertiary/aromatic N) is 3. The molecule has 0 unspecified atom stereocenters. The molecule has 0 aromatic heterocycles. The van der Waals surface area contributed by atoms with E-state index in [1.165, 1.54) is 76.9 Å². The largest absolute Gasteiger partial charge is 0.507 e. The van der Waals surface area contributed by atoms with E-state index in [0.29, 0.717) is 39.3 Å². The maximum atomic E-state index is 14.6. The number of phenols is 1. The number of nitrogens with one attached hydrogen (secondary N) is 3. The predicted octanol–water partition coefficient (Wildman–Crippen LogP) is 1.43. The van der Waals surface area contributed by atoms with E-state index in [1.807, 2.05) is 0 Å². The smallest absolute Gasteiger partial charge is 0.246 e. The van der Waals surface area contributed by atoms with Gasteiger partial charge in [0.25, 0.3) is 0 Å². The fraction of sp³-hybridized carbons (Fsp3) is 0.415. The first-order chi connectivity index (χ1) is 26.5. The first-order valence-corrected chi connectivity index (χ1v) is 18.4. The molecule has 3 aromatic carbocycles. The van der Waals surface area contributed by atoms with Crippen LogP contribution in [0.2, 0.25) is 0 Å². The van der Waals surface area contributed by atoms with Gasteiger partial charge in [0.1, 0.15) is 53.5 Å². The van der Waals surface area contributed by atoms with Crippen LogP contribution >= 0.6 is 0 Å². The summed E-state index contributed by atoms with van der Waals surface area (Å²) in [6.45, 7) is 4.42. The molecule has 2 aliphatic heterocycles. The van der Waals surface area contributed by atoms with Gasteiger partial charge in [-0.05, 0) is 73.9 Å². The molecule has 0 spiro atoms. The summed E-state index contributed by atoms with van der Waals surface area (Å²) in [4.78, 5) is 88.1. The van der Waals surface area contributed by atoms with E-state index in [0.717, 1.165) is 0 Å². The fourth-order valence-corrected chi connectivity index (χ4v) is 7.10. The quantitative estimate of drug-likeness (QED) is 0.305. The van der Waals surface area contributed by atoms with E-state index < -0.39 is 71.7 Å². The minimum absolute atomic E-state index is 0.00797. The molecule has 6 amide bonds. The molecule has 5 rings (SSSR count). The third-order valence-electron chi connectivity index (χ3n) is 10.6. The number of hydrogen-bond acceptors (Lipinski definition) is 9. The van der Waals surface area contributed by atoms with E-state index in [4.69, 9.17) is 9.47 Å². The van der Waals surface area contributed by atoms with Crippen LogP contribution in [0.25, 0.3) is 11.1 Å². The number of benzene rings is 3. The number of rotatable bonds is 4. The van der Waals surface area contributed by atoms with Gasteiger partial charge in [0, 0.05) is 51.5 Å². The van der Waals surface area contributed by atoms with Crippen LogP contribution in [0.3, 0.4) is 0 Å². The number of ether oxygens (including phenoxy) is 2. The molecule has 1 fully saturated rings. The maximum Gasteiger partial charge on any atom is 0.246 e. The minimum Gasteiger partial charge on any atom is -0.507 e. The van der Waals surface area contributed by atoms with Crippen molar-refractivity contribution >= 4 is 35.4 Å². The first-order valence-electron chi connectivity index (χ1n) is 18.4. The topological polar surface area (TPSA) is 187 Å². The Kier molecular flexibility index (Phi) is 12.6. The van der Waals surface area contributed by atoms with Gasteiger partial charge in [-0.3, -0.25) is 28.8 Å². The summed E-state index contributed by atoms with van der Waals surface area (Å²) in [5.41, 5.74) is 2.88. The van der Waals surface area contributed by atoms with Gasteiger partial charge in [0.15, 0.2) is 0 Å². The number of phenolic OH excluding ortho intramolecular Hbond substituents is 1. The van der Waals surface area contributed by atoms with Crippen molar-refractivity contribution < 1.29 is 43.3 Å². The number of carbonyl (C=O) groups excluding carboxylic acids is 6. The summed E-state index contributed by atoms with van der Waals surface area (Å²) in [6, 6.07) is 10.2. The Morgan fingerprint density at radius 1 is 0.607 bits per heavy atom. The molecule has 2 aliphatic rings. The monoisotopic (exact) mass is 770 g/mol. The van der Waals surface area contributed by atoms with Crippen molar-refractivity contribution in [3.8, 4) is 28.4 Å². The number of hydrogen-bond donors (Lipinski definition) is 4. The summed E-state index contributed by atoms with van der Waals surface area (Å²) >= 11 is 0. The molecule has 3 aromatic rings. The number of methoxy groups -OCH3 is 2. The molecule has 1 saturated heterocycles. The molecule has 56 heavy (non-hydrogen) atoms. The highest BCUT2D eigenvalue weighted by molar-refractivity contribution is 5.98. The average Bonchev–Trinajstić information content (AvgIpc) is 3.19. The SMILES string of the molecule is COc1ccc(C[C@H]2C(=O)N[C@@H](C)C(=O)N(C)[C@H]3Cc4ccc(O)c(c4)-c4cc(ccc4OC)C[C@@H](C(=O)N[C@H](C)C(=O)N[C@@H](C)C(=O)N2C)N(C)C3=O)cc1. The van der Waals surface area contributed by atoms with Crippen LogP contribution in [-0.4, -0.2) is 127 Å². The highest BCUT2D eigenvalue weighted by atomic mass is 16.5. The standard InChI is InChI=1S/C41H50N6O9/c1-22-36(49)43-23(2)39(52)45(4)31(19-25-9-13-28(55-7)14-10-25)38(51)44-24(3)40(53)47(6)33-21-26-11-15-34(48)29(17-26)30-18-27(12-16-35(30)56-8)20-32(37(50)42-22)46(5)41(33)54/h9-18,22-24,31-33,48H,19-21H2,1-8H3,(H,42,50)(H,43,49)(H,44,51)/t22-,23+,24+,31+,32+,33+/m1/s1. The van der Waals surface area contributed by atoms with Gasteiger partial charge >= 0.3 is 0 Å². The van der Waals surface area contributed by atoms with Gasteiger partial charge in [-0.1, -0.05) is 24.3 Å². The van der Waals surface area contributed by atoms with Gasteiger partial charge in [-0.2, -0.15) is 0 Å². The Balaban J connectivity index is 1.61. The molecular formula is C41H50N6O9. The van der Waals surface area contributed by atoms with Gasteiger partial charge in [-0.15, -0.1) is 0 Å². The lowest BCUT2D eigenvalue weighted by Gasteiger charge is -2.37. The van der Waals surface area contributed by atoms with Crippen molar-refractivity contribution in [1.29, 1.82) is 0 Å². The van der Waals surface area contributed by atoms with E-state index in [-0.39, 0.29) is 25.0 Å². The molecule has 298 valence electrons. The molecule has 15 nitrogen and oxygen atoms in total. The summed E-state index contributed by atoms with van der Waals surface area (Å²) < 4.78 is 10.9. The van der Waals surface area contributed by atoms with E-state index >= 15 is 0 Å². The van der Waals surface area contributed by atoms with Crippen LogP contribution < -0.4 is 25.4 Å². The third-order valence-corrected chi connectivity index (χ3v) is 10.6. The van der Waals surface area contributed by atoms with Crippen LogP contribution in [0.5, 0.6) is 17.2 Å². The second-order valence-corrected chi connectivity index (χ2v) is 14.4. The molecule has 0 radical (unpaired) electrons.